The number of hydrogen-bond acceptors (Lipinski definition) is 4. The van der Waals surface area contributed by atoms with Crippen molar-refractivity contribution in [1.29, 1.82) is 0 Å². The number of hydrogen-bond donors (Lipinski definition) is 1. The van der Waals surface area contributed by atoms with Crippen LogP contribution >= 0.6 is 11.6 Å². The van der Waals surface area contributed by atoms with Crippen LogP contribution in [0.15, 0.2) is 48.5 Å². The van der Waals surface area contributed by atoms with Gasteiger partial charge in [-0.05, 0) is 42.8 Å². The van der Waals surface area contributed by atoms with Gasteiger partial charge in [0.05, 0.1) is 6.54 Å². The van der Waals surface area contributed by atoms with Gasteiger partial charge in [-0.3, -0.25) is 14.6 Å². The molecule has 1 aliphatic rings. The summed E-state index contributed by atoms with van der Waals surface area (Å²) in [5.41, 5.74) is 1.97. The van der Waals surface area contributed by atoms with Crippen LogP contribution < -0.4 is 10.1 Å². The summed E-state index contributed by atoms with van der Waals surface area (Å²) in [4.78, 5) is 16.8. The predicted octanol–water partition coefficient (Wildman–Crippen LogP) is 3.28. The number of amides is 1. The Morgan fingerprint density at radius 3 is 2.41 bits per heavy atom. The monoisotopic (exact) mass is 387 g/mol. The number of para-hydroxylation sites is 1. The molecule has 0 atom stereocenters. The van der Waals surface area contributed by atoms with E-state index in [-0.39, 0.29) is 5.91 Å². The minimum atomic E-state index is 0.0452. The van der Waals surface area contributed by atoms with E-state index in [1.165, 1.54) is 0 Å². The fourth-order valence-electron chi connectivity index (χ4n) is 3.10. The Morgan fingerprint density at radius 2 is 1.70 bits per heavy atom. The predicted molar refractivity (Wildman–Crippen MR) is 110 cm³/mol. The van der Waals surface area contributed by atoms with E-state index in [9.17, 15) is 4.79 Å². The average Bonchev–Trinajstić information content (AvgIpc) is 2.67. The quantitative estimate of drug-likeness (QED) is 0.791. The second-order valence-electron chi connectivity index (χ2n) is 6.78. The first kappa shape index (κ1) is 19.7. The van der Waals surface area contributed by atoms with E-state index in [2.05, 4.69) is 15.1 Å². The van der Waals surface area contributed by atoms with Crippen molar-refractivity contribution in [2.24, 2.45) is 0 Å². The van der Waals surface area contributed by atoms with Crippen LogP contribution in [-0.4, -0.2) is 61.6 Å². The van der Waals surface area contributed by atoms with Crippen molar-refractivity contribution < 1.29 is 9.53 Å². The molecule has 0 saturated carbocycles. The molecule has 0 aromatic heterocycles. The first-order valence-corrected chi connectivity index (χ1v) is 9.66. The molecule has 0 bridgehead atoms. The van der Waals surface area contributed by atoms with E-state index in [4.69, 9.17) is 16.3 Å². The van der Waals surface area contributed by atoms with Crippen molar-refractivity contribution in [3.8, 4) is 5.75 Å². The van der Waals surface area contributed by atoms with Crippen molar-refractivity contribution >= 4 is 23.2 Å². The van der Waals surface area contributed by atoms with Crippen molar-refractivity contribution in [2.45, 2.75) is 6.92 Å². The molecule has 0 unspecified atom stereocenters. The van der Waals surface area contributed by atoms with Gasteiger partial charge >= 0.3 is 0 Å². The van der Waals surface area contributed by atoms with Gasteiger partial charge in [0.1, 0.15) is 12.4 Å². The molecule has 0 spiro atoms. The van der Waals surface area contributed by atoms with Gasteiger partial charge in [0.2, 0.25) is 5.91 Å². The summed E-state index contributed by atoms with van der Waals surface area (Å²) >= 11 is 5.87. The van der Waals surface area contributed by atoms with Crippen LogP contribution in [-0.2, 0) is 4.79 Å². The second kappa shape index (κ2) is 9.74. The largest absolute Gasteiger partial charge is 0.492 e. The summed E-state index contributed by atoms with van der Waals surface area (Å²) < 4.78 is 5.75. The Balaban J connectivity index is 1.34. The number of piperazine rings is 1. The van der Waals surface area contributed by atoms with Crippen LogP contribution in [0, 0.1) is 6.92 Å². The Labute approximate surface area is 165 Å². The van der Waals surface area contributed by atoms with Crippen LogP contribution in [0.2, 0.25) is 5.02 Å². The molecule has 5 nitrogen and oxygen atoms in total. The summed E-state index contributed by atoms with van der Waals surface area (Å²) in [6.07, 6.45) is 0. The summed E-state index contributed by atoms with van der Waals surface area (Å²) in [5.74, 6) is 0.884. The minimum Gasteiger partial charge on any atom is -0.492 e. The van der Waals surface area contributed by atoms with Gasteiger partial charge < -0.3 is 10.1 Å². The zero-order valence-corrected chi connectivity index (χ0v) is 16.4. The molecule has 0 aliphatic carbocycles. The maximum atomic E-state index is 12.3. The van der Waals surface area contributed by atoms with Gasteiger partial charge in [-0.1, -0.05) is 29.8 Å². The van der Waals surface area contributed by atoms with Crippen molar-refractivity contribution in [2.75, 3.05) is 51.2 Å². The lowest BCUT2D eigenvalue weighted by Gasteiger charge is -2.34. The highest BCUT2D eigenvalue weighted by molar-refractivity contribution is 6.30. The smallest absolute Gasteiger partial charge is 0.238 e. The van der Waals surface area contributed by atoms with Crippen LogP contribution in [0.4, 0.5) is 5.69 Å². The number of nitrogens with zero attached hydrogens (tertiary/aromatic N) is 2. The molecule has 2 aromatic carbocycles. The third-order valence-corrected chi connectivity index (χ3v) is 4.99. The van der Waals surface area contributed by atoms with E-state index in [1.807, 2.05) is 55.5 Å². The van der Waals surface area contributed by atoms with E-state index < -0.39 is 0 Å². The lowest BCUT2D eigenvalue weighted by Crippen LogP contribution is -2.49. The van der Waals surface area contributed by atoms with Crippen LogP contribution in [0.3, 0.4) is 0 Å². The third kappa shape index (κ3) is 6.24. The molecule has 1 aliphatic heterocycles. The lowest BCUT2D eigenvalue weighted by molar-refractivity contribution is -0.117. The second-order valence-corrected chi connectivity index (χ2v) is 7.22. The first-order chi connectivity index (χ1) is 13.1. The lowest BCUT2D eigenvalue weighted by atomic mass is 10.2. The van der Waals surface area contributed by atoms with Gasteiger partial charge in [-0.15, -0.1) is 0 Å². The highest BCUT2D eigenvalue weighted by Gasteiger charge is 2.19. The number of rotatable bonds is 7. The Bertz CT molecular complexity index is 743. The molecule has 1 amide bonds. The van der Waals surface area contributed by atoms with Gasteiger partial charge in [0.15, 0.2) is 0 Å². The zero-order valence-electron chi connectivity index (χ0n) is 15.7. The Kier molecular flexibility index (Phi) is 7.10. The number of ether oxygens (including phenoxy) is 1. The average molecular weight is 388 g/mol. The normalized spacial score (nSPS) is 15.5. The Morgan fingerprint density at radius 1 is 1.04 bits per heavy atom. The molecule has 2 aromatic rings. The highest BCUT2D eigenvalue weighted by atomic mass is 35.5. The molecular formula is C21H26ClN3O2. The van der Waals surface area contributed by atoms with Gasteiger partial charge in [-0.25, -0.2) is 0 Å². The van der Waals surface area contributed by atoms with Crippen molar-refractivity contribution in [3.05, 3.63) is 59.1 Å². The summed E-state index contributed by atoms with van der Waals surface area (Å²) in [7, 11) is 0. The van der Waals surface area contributed by atoms with Crippen molar-refractivity contribution in [3.63, 3.8) is 0 Å². The maximum absolute atomic E-state index is 12.3. The van der Waals surface area contributed by atoms with E-state index in [1.54, 1.807) is 0 Å². The number of carbonyl (C=O) groups is 1. The topological polar surface area (TPSA) is 44.8 Å². The molecule has 1 heterocycles. The molecule has 1 saturated heterocycles. The number of nitrogens with one attached hydrogen (secondary N) is 1. The maximum Gasteiger partial charge on any atom is 0.238 e. The van der Waals surface area contributed by atoms with E-state index in [0.717, 1.165) is 49.7 Å². The van der Waals surface area contributed by atoms with Gasteiger partial charge in [0.25, 0.3) is 0 Å². The first-order valence-electron chi connectivity index (χ1n) is 9.29. The van der Waals surface area contributed by atoms with E-state index >= 15 is 0 Å². The molecule has 6 heteroatoms. The molecular weight excluding hydrogens is 362 g/mol. The molecule has 3 rings (SSSR count). The third-order valence-electron chi connectivity index (χ3n) is 4.74. The number of anilines is 1. The molecule has 27 heavy (non-hydrogen) atoms. The number of halogens is 1. The van der Waals surface area contributed by atoms with Gasteiger partial charge in [0, 0.05) is 43.4 Å². The molecule has 1 N–H and O–H groups in total. The molecule has 1 fully saturated rings. The van der Waals surface area contributed by atoms with Crippen LogP contribution in [0.1, 0.15) is 5.56 Å². The fourth-order valence-corrected chi connectivity index (χ4v) is 3.23. The Hall–Kier alpha value is -2.08. The fraction of sp³-hybridized carbons (Fsp3) is 0.381. The van der Waals surface area contributed by atoms with Crippen LogP contribution in [0.25, 0.3) is 0 Å². The number of benzene rings is 2. The summed E-state index contributed by atoms with van der Waals surface area (Å²) in [5, 5.41) is 3.71. The highest BCUT2D eigenvalue weighted by Crippen LogP contribution is 2.16. The minimum absolute atomic E-state index is 0.0452. The molecule has 144 valence electrons. The molecule has 0 radical (unpaired) electrons. The van der Waals surface area contributed by atoms with Crippen molar-refractivity contribution in [1.82, 2.24) is 9.80 Å². The number of aryl methyl sites for hydroxylation is 1. The SMILES string of the molecule is Cc1ccccc1NC(=O)CN1CCN(CCOc2ccc(Cl)cc2)CC1. The van der Waals surface area contributed by atoms with Crippen LogP contribution in [0.5, 0.6) is 5.75 Å². The number of carbonyl (C=O) groups excluding carboxylic acids is 1. The zero-order chi connectivity index (χ0) is 19.1. The van der Waals surface area contributed by atoms with Gasteiger partial charge in [-0.2, -0.15) is 0 Å². The van der Waals surface area contributed by atoms with E-state index in [0.29, 0.717) is 18.2 Å². The summed E-state index contributed by atoms with van der Waals surface area (Å²) in [6.45, 7) is 7.64. The summed E-state index contributed by atoms with van der Waals surface area (Å²) in [6, 6.07) is 15.3. The standard InChI is InChI=1S/C21H26ClN3O2/c1-17-4-2-3-5-20(17)23-21(26)16-25-12-10-24(11-13-25)14-15-27-19-8-6-18(22)7-9-19/h2-9H,10-16H2,1H3,(H,23,26).